The van der Waals surface area contributed by atoms with E-state index >= 15 is 0 Å². The predicted octanol–water partition coefficient (Wildman–Crippen LogP) is 1.45. The summed E-state index contributed by atoms with van der Waals surface area (Å²) in [6.45, 7) is 0. The number of ketones is 1. The van der Waals surface area contributed by atoms with Gasteiger partial charge in [0.1, 0.15) is 5.78 Å². The van der Waals surface area contributed by atoms with Gasteiger partial charge in [-0.15, -0.1) is 0 Å². The topological polar surface area (TPSA) is 101 Å². The Balaban J connectivity index is 2.27. The van der Waals surface area contributed by atoms with Gasteiger partial charge in [-0.1, -0.05) is 25.3 Å². The van der Waals surface area contributed by atoms with Crippen molar-refractivity contribution in [1.82, 2.24) is 0 Å². The van der Waals surface area contributed by atoms with Crippen molar-refractivity contribution in [2.45, 2.75) is 51.0 Å². The van der Waals surface area contributed by atoms with E-state index < -0.39 is 12.1 Å². The summed E-state index contributed by atoms with van der Waals surface area (Å²) in [7, 11) is 0. The van der Waals surface area contributed by atoms with Crippen molar-refractivity contribution >= 4 is 11.8 Å². The molecule has 1 saturated carbocycles. The minimum Gasteiger partial charge on any atom is -0.481 e. The number of carboxylic acids is 1. The molecule has 0 bridgehead atoms. The zero-order valence-corrected chi connectivity index (χ0v) is 11.1. The summed E-state index contributed by atoms with van der Waals surface area (Å²) in [6, 6.07) is 0. The van der Waals surface area contributed by atoms with Gasteiger partial charge in [-0.05, 0) is 19.0 Å². The summed E-state index contributed by atoms with van der Waals surface area (Å²) in [4.78, 5) is 22.1. The summed E-state index contributed by atoms with van der Waals surface area (Å²) in [5.74, 6) is -0.936. The number of unbranched alkanes of at least 4 members (excludes halogenated alkanes) is 3. The first-order valence-corrected chi connectivity index (χ1v) is 6.87. The van der Waals surface area contributed by atoms with Crippen LogP contribution in [0.5, 0.6) is 0 Å². The van der Waals surface area contributed by atoms with Crippen LogP contribution in [0.2, 0.25) is 0 Å². The Hall–Kier alpha value is -1.36. The number of hydrogen-bond acceptors (Lipinski definition) is 4. The first-order chi connectivity index (χ1) is 9.06. The Bertz CT molecular complexity index is 340. The molecule has 0 spiro atoms. The van der Waals surface area contributed by atoms with E-state index in [1.54, 1.807) is 6.08 Å². The van der Waals surface area contributed by atoms with Crippen LogP contribution in [0, 0.1) is 11.8 Å². The molecular formula is C14H23NO4. The summed E-state index contributed by atoms with van der Waals surface area (Å²) >= 11 is 0. The van der Waals surface area contributed by atoms with Crippen molar-refractivity contribution in [1.29, 1.82) is 0 Å². The van der Waals surface area contributed by atoms with E-state index in [1.165, 1.54) is 6.20 Å². The maximum absolute atomic E-state index is 11.8. The van der Waals surface area contributed by atoms with Crippen molar-refractivity contribution in [3.8, 4) is 0 Å². The molecule has 5 nitrogen and oxygen atoms in total. The Morgan fingerprint density at radius 1 is 1.32 bits per heavy atom. The zero-order chi connectivity index (χ0) is 14.3. The number of aliphatic carboxylic acids is 1. The molecule has 0 aromatic rings. The number of hydrogen-bond donors (Lipinski definition) is 3. The molecule has 1 fully saturated rings. The fraction of sp³-hybridized carbons (Fsp3) is 0.714. The molecular weight excluding hydrogens is 246 g/mol. The molecule has 1 rings (SSSR count). The SMILES string of the molecule is N/C=C/[C@H]1C(O)CC(=O)C1CCCCCCC(=O)O. The molecule has 0 aliphatic heterocycles. The second-order valence-electron chi connectivity index (χ2n) is 5.15. The molecule has 4 N–H and O–H groups in total. The largest absolute Gasteiger partial charge is 0.481 e. The lowest BCUT2D eigenvalue weighted by molar-refractivity contribution is -0.137. The summed E-state index contributed by atoms with van der Waals surface area (Å²) in [6.07, 6.45) is 7.04. The highest BCUT2D eigenvalue weighted by molar-refractivity contribution is 5.84. The molecule has 0 aromatic heterocycles. The molecule has 3 atom stereocenters. The van der Waals surface area contributed by atoms with E-state index in [1.807, 2.05) is 0 Å². The van der Waals surface area contributed by atoms with Crippen LogP contribution in [-0.4, -0.2) is 28.1 Å². The number of carbonyl (C=O) groups excluding carboxylic acids is 1. The highest BCUT2D eigenvalue weighted by Gasteiger charge is 2.39. The van der Waals surface area contributed by atoms with Crippen LogP contribution in [0.3, 0.4) is 0 Å². The quantitative estimate of drug-likeness (QED) is 0.579. The zero-order valence-electron chi connectivity index (χ0n) is 11.1. The first-order valence-electron chi connectivity index (χ1n) is 6.87. The van der Waals surface area contributed by atoms with Gasteiger partial charge in [0, 0.05) is 24.7 Å². The van der Waals surface area contributed by atoms with Crippen molar-refractivity contribution < 1.29 is 19.8 Å². The smallest absolute Gasteiger partial charge is 0.303 e. The average Bonchev–Trinajstić information content (AvgIpc) is 2.60. The van der Waals surface area contributed by atoms with Gasteiger partial charge in [-0.3, -0.25) is 9.59 Å². The number of Topliss-reactive ketones (excluding diaryl/α,β-unsaturated/α-hetero) is 1. The van der Waals surface area contributed by atoms with Crippen LogP contribution in [0.1, 0.15) is 44.9 Å². The maximum atomic E-state index is 11.8. The number of carbonyl (C=O) groups is 2. The van der Waals surface area contributed by atoms with Gasteiger partial charge < -0.3 is 15.9 Å². The van der Waals surface area contributed by atoms with Gasteiger partial charge in [0.15, 0.2) is 0 Å². The van der Waals surface area contributed by atoms with Crippen molar-refractivity contribution in [2.24, 2.45) is 17.6 Å². The van der Waals surface area contributed by atoms with E-state index in [0.717, 1.165) is 25.7 Å². The molecule has 2 unspecified atom stereocenters. The summed E-state index contributed by atoms with van der Waals surface area (Å²) in [5.41, 5.74) is 5.34. The van der Waals surface area contributed by atoms with E-state index in [2.05, 4.69) is 0 Å². The van der Waals surface area contributed by atoms with Gasteiger partial charge >= 0.3 is 5.97 Å². The lowest BCUT2D eigenvalue weighted by Crippen LogP contribution is -2.18. The lowest BCUT2D eigenvalue weighted by atomic mass is 9.89. The highest BCUT2D eigenvalue weighted by atomic mass is 16.4. The second kappa shape index (κ2) is 7.94. The van der Waals surface area contributed by atoms with Crippen molar-refractivity contribution in [3.05, 3.63) is 12.3 Å². The van der Waals surface area contributed by atoms with Crippen molar-refractivity contribution in [3.63, 3.8) is 0 Å². The van der Waals surface area contributed by atoms with E-state index in [4.69, 9.17) is 10.8 Å². The molecule has 0 radical (unpaired) electrons. The number of carboxylic acid groups (broad SMARTS) is 1. The molecule has 0 aromatic carbocycles. The van der Waals surface area contributed by atoms with Gasteiger partial charge in [-0.2, -0.15) is 0 Å². The molecule has 5 heteroatoms. The molecule has 1 aliphatic carbocycles. The first kappa shape index (κ1) is 15.7. The number of nitrogens with two attached hydrogens (primary N) is 1. The standard InChI is InChI=1S/C14H23NO4/c15-8-7-11-10(12(16)9-13(11)17)5-3-1-2-4-6-14(18)19/h7-8,10-11,13,17H,1-6,9,15H2,(H,18,19)/b8-7+/t10?,11-,13?/m1/s1. The van der Waals surface area contributed by atoms with Crippen LogP contribution in [0.4, 0.5) is 0 Å². The lowest BCUT2D eigenvalue weighted by Gasteiger charge is -2.16. The average molecular weight is 269 g/mol. The van der Waals surface area contributed by atoms with Crippen molar-refractivity contribution in [2.75, 3.05) is 0 Å². The Morgan fingerprint density at radius 3 is 2.63 bits per heavy atom. The van der Waals surface area contributed by atoms with Gasteiger partial charge in [-0.25, -0.2) is 0 Å². The van der Waals surface area contributed by atoms with Gasteiger partial charge in [0.05, 0.1) is 6.10 Å². The van der Waals surface area contributed by atoms with Crippen LogP contribution >= 0.6 is 0 Å². The van der Waals surface area contributed by atoms with Gasteiger partial charge in [0.2, 0.25) is 0 Å². The van der Waals surface area contributed by atoms with Gasteiger partial charge in [0.25, 0.3) is 0 Å². The summed E-state index contributed by atoms with van der Waals surface area (Å²) in [5, 5.41) is 18.3. The fourth-order valence-electron chi connectivity index (χ4n) is 2.71. The highest BCUT2D eigenvalue weighted by Crippen LogP contribution is 2.34. The Morgan fingerprint density at radius 2 is 2.00 bits per heavy atom. The molecule has 0 saturated heterocycles. The maximum Gasteiger partial charge on any atom is 0.303 e. The van der Waals surface area contributed by atoms with E-state index in [9.17, 15) is 14.7 Å². The molecule has 19 heavy (non-hydrogen) atoms. The minimum absolute atomic E-state index is 0.112. The third-order valence-corrected chi connectivity index (χ3v) is 3.72. The third-order valence-electron chi connectivity index (χ3n) is 3.72. The van der Waals surface area contributed by atoms with Crippen LogP contribution in [-0.2, 0) is 9.59 Å². The molecule has 1 aliphatic rings. The Labute approximate surface area is 113 Å². The molecule has 108 valence electrons. The predicted molar refractivity (Wildman–Crippen MR) is 71.3 cm³/mol. The van der Waals surface area contributed by atoms with Crippen LogP contribution < -0.4 is 5.73 Å². The van der Waals surface area contributed by atoms with Crippen LogP contribution in [0.25, 0.3) is 0 Å². The number of aliphatic hydroxyl groups is 1. The fourth-order valence-corrected chi connectivity index (χ4v) is 2.71. The summed E-state index contributed by atoms with van der Waals surface area (Å²) < 4.78 is 0. The second-order valence-corrected chi connectivity index (χ2v) is 5.15. The van der Waals surface area contributed by atoms with E-state index in [0.29, 0.717) is 6.42 Å². The molecule has 0 amide bonds. The number of aliphatic hydroxyl groups excluding tert-OH is 1. The molecule has 0 heterocycles. The number of rotatable bonds is 8. The Kier molecular flexibility index (Phi) is 6.56. The monoisotopic (exact) mass is 269 g/mol. The van der Waals surface area contributed by atoms with E-state index in [-0.39, 0.29) is 30.5 Å². The third kappa shape index (κ3) is 5.03. The van der Waals surface area contributed by atoms with Crippen LogP contribution in [0.15, 0.2) is 12.3 Å². The normalized spacial score (nSPS) is 27.2. The minimum atomic E-state index is -0.762.